The van der Waals surface area contributed by atoms with E-state index in [1.165, 1.54) is 31.4 Å². The minimum absolute atomic E-state index is 0.0706. The molecule has 0 bridgehead atoms. The van der Waals surface area contributed by atoms with E-state index in [1.807, 2.05) is 0 Å². The molecule has 1 aromatic carbocycles. The van der Waals surface area contributed by atoms with E-state index in [1.54, 1.807) is 0 Å². The van der Waals surface area contributed by atoms with Crippen molar-refractivity contribution in [1.29, 1.82) is 0 Å². The van der Waals surface area contributed by atoms with Gasteiger partial charge in [-0.25, -0.2) is 9.18 Å². The van der Waals surface area contributed by atoms with Crippen molar-refractivity contribution in [3.63, 3.8) is 0 Å². The van der Waals surface area contributed by atoms with Gasteiger partial charge < -0.3 is 15.2 Å². The zero-order chi connectivity index (χ0) is 14.7. The van der Waals surface area contributed by atoms with Crippen molar-refractivity contribution in [2.24, 2.45) is 0 Å². The molecule has 0 fully saturated rings. The smallest absolute Gasteiger partial charge is 0.345 e. The van der Waals surface area contributed by atoms with Crippen LogP contribution in [0.15, 0.2) is 30.3 Å². The number of carbonyl (C=O) groups is 2. The zero-order valence-electron chi connectivity index (χ0n) is 10.3. The van der Waals surface area contributed by atoms with Crippen molar-refractivity contribution in [3.8, 4) is 5.75 Å². The fraction of sp³-hybridized carbons (Fsp3) is 0.0769. The number of carboxylic acid groups (broad SMARTS) is 1. The molecule has 2 N–H and O–H groups in total. The van der Waals surface area contributed by atoms with E-state index in [0.29, 0.717) is 5.69 Å². The standard InChI is InChI=1S/C13H10FNO4S/c1-19-9-6-7(14)2-3-8(9)15-12(16)10-4-5-11(20-10)13(17)18/h2-6H,1H3,(H,15,16)(H,17,18). The third-order valence-electron chi connectivity index (χ3n) is 2.45. The van der Waals surface area contributed by atoms with Gasteiger partial charge in [-0.1, -0.05) is 0 Å². The Balaban J connectivity index is 2.20. The first-order valence-electron chi connectivity index (χ1n) is 5.49. The Morgan fingerprint density at radius 1 is 1.25 bits per heavy atom. The average Bonchev–Trinajstić information content (AvgIpc) is 2.90. The second kappa shape index (κ2) is 5.70. The Kier molecular flexibility index (Phi) is 3.99. The van der Waals surface area contributed by atoms with Crippen LogP contribution < -0.4 is 10.1 Å². The molecule has 0 saturated heterocycles. The number of anilines is 1. The van der Waals surface area contributed by atoms with Gasteiger partial charge in [-0.05, 0) is 24.3 Å². The number of nitrogens with one attached hydrogen (secondary N) is 1. The first-order chi connectivity index (χ1) is 9.51. The Bertz CT molecular complexity index is 668. The molecule has 0 atom stereocenters. The maximum Gasteiger partial charge on any atom is 0.345 e. The molecule has 0 aliphatic rings. The topological polar surface area (TPSA) is 75.6 Å². The highest BCUT2D eigenvalue weighted by atomic mass is 32.1. The quantitative estimate of drug-likeness (QED) is 0.909. The van der Waals surface area contributed by atoms with E-state index in [-0.39, 0.29) is 15.5 Å². The molecular formula is C13H10FNO4S. The number of amides is 1. The Labute approximate surface area is 117 Å². The lowest BCUT2D eigenvalue weighted by Gasteiger charge is -2.09. The molecule has 1 aromatic heterocycles. The van der Waals surface area contributed by atoms with Crippen LogP contribution in [0.3, 0.4) is 0 Å². The van der Waals surface area contributed by atoms with Crippen LogP contribution in [0, 0.1) is 5.82 Å². The van der Waals surface area contributed by atoms with Crippen LogP contribution in [0.2, 0.25) is 0 Å². The monoisotopic (exact) mass is 295 g/mol. The second-order valence-corrected chi connectivity index (χ2v) is 4.85. The van der Waals surface area contributed by atoms with Crippen LogP contribution in [0.25, 0.3) is 0 Å². The number of carbonyl (C=O) groups excluding carboxylic acids is 1. The number of rotatable bonds is 4. The number of carboxylic acids is 1. The molecule has 2 aromatic rings. The molecule has 0 aliphatic carbocycles. The molecule has 0 radical (unpaired) electrons. The summed E-state index contributed by atoms with van der Waals surface area (Å²) in [6.45, 7) is 0. The Hall–Kier alpha value is -2.41. The van der Waals surface area contributed by atoms with Crippen LogP contribution in [0.1, 0.15) is 19.3 Å². The maximum absolute atomic E-state index is 13.0. The van der Waals surface area contributed by atoms with Gasteiger partial charge in [0, 0.05) is 6.07 Å². The number of hydrogen-bond acceptors (Lipinski definition) is 4. The van der Waals surface area contributed by atoms with Crippen LogP contribution >= 0.6 is 11.3 Å². The molecule has 0 aliphatic heterocycles. The van der Waals surface area contributed by atoms with Crippen molar-refractivity contribution < 1.29 is 23.8 Å². The highest BCUT2D eigenvalue weighted by molar-refractivity contribution is 7.15. The van der Waals surface area contributed by atoms with Crippen LogP contribution in [0.4, 0.5) is 10.1 Å². The van der Waals surface area contributed by atoms with Gasteiger partial charge in [-0.3, -0.25) is 4.79 Å². The zero-order valence-corrected chi connectivity index (χ0v) is 11.2. The Morgan fingerprint density at radius 2 is 1.95 bits per heavy atom. The summed E-state index contributed by atoms with van der Waals surface area (Å²) in [6, 6.07) is 6.48. The number of benzene rings is 1. The number of methoxy groups -OCH3 is 1. The SMILES string of the molecule is COc1cc(F)ccc1NC(=O)c1ccc(C(=O)O)s1. The van der Waals surface area contributed by atoms with E-state index >= 15 is 0 Å². The summed E-state index contributed by atoms with van der Waals surface area (Å²) >= 11 is 0.858. The number of aromatic carboxylic acids is 1. The van der Waals surface area contributed by atoms with Crippen molar-refractivity contribution in [2.45, 2.75) is 0 Å². The van der Waals surface area contributed by atoms with Gasteiger partial charge in [0.2, 0.25) is 0 Å². The van der Waals surface area contributed by atoms with E-state index in [2.05, 4.69) is 5.32 Å². The molecule has 0 spiro atoms. The molecule has 104 valence electrons. The minimum Gasteiger partial charge on any atom is -0.494 e. The van der Waals surface area contributed by atoms with Gasteiger partial charge in [-0.15, -0.1) is 11.3 Å². The maximum atomic E-state index is 13.0. The third-order valence-corrected chi connectivity index (χ3v) is 3.52. The summed E-state index contributed by atoms with van der Waals surface area (Å²) in [4.78, 5) is 23.0. The molecule has 1 heterocycles. The highest BCUT2D eigenvalue weighted by Crippen LogP contribution is 2.26. The first kappa shape index (κ1) is 14.0. The van der Waals surface area contributed by atoms with E-state index in [0.717, 1.165) is 17.4 Å². The normalized spacial score (nSPS) is 10.1. The van der Waals surface area contributed by atoms with Gasteiger partial charge in [0.25, 0.3) is 5.91 Å². The number of halogens is 1. The van der Waals surface area contributed by atoms with Crippen LogP contribution in [-0.2, 0) is 0 Å². The highest BCUT2D eigenvalue weighted by Gasteiger charge is 2.15. The van der Waals surface area contributed by atoms with Gasteiger partial charge in [0.05, 0.1) is 17.7 Å². The molecule has 1 amide bonds. The fourth-order valence-electron chi connectivity index (χ4n) is 1.53. The molecule has 0 saturated carbocycles. The van der Waals surface area contributed by atoms with Crippen molar-refractivity contribution in [3.05, 3.63) is 45.9 Å². The summed E-state index contributed by atoms with van der Waals surface area (Å²) in [5, 5.41) is 11.3. The average molecular weight is 295 g/mol. The largest absolute Gasteiger partial charge is 0.494 e. The van der Waals surface area contributed by atoms with Crippen LogP contribution in [0.5, 0.6) is 5.75 Å². The summed E-state index contributed by atoms with van der Waals surface area (Å²) in [5.41, 5.74) is 0.309. The fourth-order valence-corrected chi connectivity index (χ4v) is 2.27. The van der Waals surface area contributed by atoms with Gasteiger partial charge in [0.1, 0.15) is 16.4 Å². The van der Waals surface area contributed by atoms with Crippen LogP contribution in [-0.4, -0.2) is 24.1 Å². The number of ether oxygens (including phenoxy) is 1. The molecule has 5 nitrogen and oxygen atoms in total. The van der Waals surface area contributed by atoms with E-state index in [9.17, 15) is 14.0 Å². The number of hydrogen-bond donors (Lipinski definition) is 2. The lowest BCUT2D eigenvalue weighted by atomic mass is 10.2. The molecular weight excluding hydrogens is 285 g/mol. The Morgan fingerprint density at radius 3 is 2.55 bits per heavy atom. The summed E-state index contributed by atoms with van der Waals surface area (Å²) < 4.78 is 18.0. The molecule has 2 rings (SSSR count). The predicted octanol–water partition coefficient (Wildman–Crippen LogP) is 2.85. The molecule has 0 unspecified atom stereocenters. The summed E-state index contributed by atoms with van der Waals surface area (Å²) in [5.74, 6) is -1.86. The van der Waals surface area contributed by atoms with Crippen molar-refractivity contribution in [2.75, 3.05) is 12.4 Å². The van der Waals surface area contributed by atoms with Crippen molar-refractivity contribution in [1.82, 2.24) is 0 Å². The summed E-state index contributed by atoms with van der Waals surface area (Å²) in [7, 11) is 1.36. The van der Waals surface area contributed by atoms with Gasteiger partial charge in [-0.2, -0.15) is 0 Å². The summed E-state index contributed by atoms with van der Waals surface area (Å²) in [6.07, 6.45) is 0. The second-order valence-electron chi connectivity index (χ2n) is 3.77. The van der Waals surface area contributed by atoms with E-state index < -0.39 is 17.7 Å². The lowest BCUT2D eigenvalue weighted by Crippen LogP contribution is -2.11. The molecule has 7 heteroatoms. The van der Waals surface area contributed by atoms with Gasteiger partial charge in [0.15, 0.2) is 0 Å². The van der Waals surface area contributed by atoms with E-state index in [4.69, 9.17) is 9.84 Å². The lowest BCUT2D eigenvalue weighted by molar-refractivity contribution is 0.0702. The minimum atomic E-state index is -1.09. The first-order valence-corrected chi connectivity index (χ1v) is 6.31. The molecule has 20 heavy (non-hydrogen) atoms. The van der Waals surface area contributed by atoms with Crippen molar-refractivity contribution >= 4 is 28.9 Å². The predicted molar refractivity (Wildman–Crippen MR) is 72.2 cm³/mol. The number of thiophene rings is 1. The third kappa shape index (κ3) is 2.94. The van der Waals surface area contributed by atoms with Gasteiger partial charge >= 0.3 is 5.97 Å².